The van der Waals surface area contributed by atoms with E-state index < -0.39 is 10.0 Å². The van der Waals surface area contributed by atoms with Gasteiger partial charge in [-0.15, -0.1) is 0 Å². The van der Waals surface area contributed by atoms with E-state index in [1.54, 1.807) is 12.1 Å². The average molecular weight is 303 g/mol. The van der Waals surface area contributed by atoms with Gasteiger partial charge in [0.1, 0.15) is 4.90 Å². The summed E-state index contributed by atoms with van der Waals surface area (Å²) in [7, 11) is -3.54. The van der Waals surface area contributed by atoms with E-state index in [4.69, 9.17) is 17.3 Å². The van der Waals surface area contributed by atoms with Gasteiger partial charge in [-0.25, -0.2) is 13.1 Å². The maximum atomic E-state index is 12.2. The molecule has 106 valence electrons. The van der Waals surface area contributed by atoms with Gasteiger partial charge in [-0.05, 0) is 35.4 Å². The predicted molar refractivity (Wildman–Crippen MR) is 76.4 cm³/mol. The molecule has 6 heteroatoms. The number of rotatable bonds is 5. The van der Waals surface area contributed by atoms with Gasteiger partial charge in [0.15, 0.2) is 0 Å². The summed E-state index contributed by atoms with van der Waals surface area (Å²) in [5.41, 5.74) is 6.55. The maximum Gasteiger partial charge on any atom is 0.242 e. The predicted octanol–water partition coefficient (Wildman–Crippen LogP) is 2.12. The van der Waals surface area contributed by atoms with Crippen molar-refractivity contribution in [1.29, 1.82) is 0 Å². The zero-order chi connectivity index (χ0) is 14.3. The molecule has 1 aliphatic rings. The zero-order valence-corrected chi connectivity index (χ0v) is 12.7. The average Bonchev–Trinajstić information content (AvgIpc) is 2.94. The lowest BCUT2D eigenvalue weighted by Crippen LogP contribution is -2.27. The Kier molecular flexibility index (Phi) is 3.93. The first-order chi connectivity index (χ1) is 8.76. The van der Waals surface area contributed by atoms with E-state index in [0.29, 0.717) is 19.0 Å². The van der Waals surface area contributed by atoms with E-state index in [-0.39, 0.29) is 15.3 Å². The van der Waals surface area contributed by atoms with E-state index in [0.717, 1.165) is 12.0 Å². The molecule has 1 saturated carbocycles. The highest BCUT2D eigenvalue weighted by Gasteiger charge is 2.45. The van der Waals surface area contributed by atoms with Crippen molar-refractivity contribution in [2.75, 3.05) is 6.54 Å². The van der Waals surface area contributed by atoms with E-state index in [9.17, 15) is 8.42 Å². The third-order valence-corrected chi connectivity index (χ3v) is 5.67. The van der Waals surface area contributed by atoms with Crippen molar-refractivity contribution in [3.63, 3.8) is 0 Å². The molecule has 0 aliphatic heterocycles. The van der Waals surface area contributed by atoms with Crippen LogP contribution >= 0.6 is 11.6 Å². The van der Waals surface area contributed by atoms with Gasteiger partial charge in [-0.1, -0.05) is 31.5 Å². The highest BCUT2D eigenvalue weighted by Crippen LogP contribution is 2.51. The lowest BCUT2D eigenvalue weighted by atomic mass is 10.1. The molecule has 1 aliphatic carbocycles. The van der Waals surface area contributed by atoms with Gasteiger partial charge in [-0.2, -0.15) is 0 Å². The Morgan fingerprint density at radius 3 is 2.58 bits per heavy atom. The number of sulfonamides is 1. The molecule has 4 nitrogen and oxygen atoms in total. The Morgan fingerprint density at radius 1 is 1.47 bits per heavy atom. The molecule has 1 atom stereocenters. The Morgan fingerprint density at radius 2 is 2.11 bits per heavy atom. The van der Waals surface area contributed by atoms with Crippen LogP contribution in [0.3, 0.4) is 0 Å². The molecule has 19 heavy (non-hydrogen) atoms. The molecule has 0 bridgehead atoms. The van der Waals surface area contributed by atoms with Crippen molar-refractivity contribution in [3.05, 3.63) is 28.8 Å². The molecule has 3 N–H and O–H groups in total. The molecule has 1 fully saturated rings. The Balaban J connectivity index is 2.11. The van der Waals surface area contributed by atoms with Crippen LogP contribution in [0.15, 0.2) is 23.1 Å². The summed E-state index contributed by atoms with van der Waals surface area (Å²) in [6.07, 6.45) is 1.05. The minimum atomic E-state index is -3.54. The Labute approximate surface area is 119 Å². The molecule has 1 unspecified atom stereocenters. The van der Waals surface area contributed by atoms with Crippen molar-refractivity contribution in [2.45, 2.75) is 31.7 Å². The number of hydrogen-bond donors (Lipinski definition) is 2. The normalized spacial score (nSPS) is 21.4. The van der Waals surface area contributed by atoms with E-state index in [2.05, 4.69) is 18.6 Å². The maximum absolute atomic E-state index is 12.2. The fourth-order valence-corrected chi connectivity index (χ4v) is 3.75. The van der Waals surface area contributed by atoms with Crippen LogP contribution in [0, 0.1) is 11.3 Å². The minimum absolute atomic E-state index is 0.116. The third kappa shape index (κ3) is 3.28. The summed E-state index contributed by atoms with van der Waals surface area (Å²) in [6.45, 7) is 5.07. The molecule has 0 saturated heterocycles. The SMILES string of the molecule is CC1(C)CC1CNS(=O)(=O)c1ccc(CN)cc1Cl. The quantitative estimate of drug-likeness (QED) is 0.875. The lowest BCUT2D eigenvalue weighted by molar-refractivity contribution is 0.537. The van der Waals surface area contributed by atoms with Crippen molar-refractivity contribution in [1.82, 2.24) is 4.72 Å². The lowest BCUT2D eigenvalue weighted by Gasteiger charge is -2.10. The summed E-state index contributed by atoms with van der Waals surface area (Å²) in [5, 5.41) is 0.213. The summed E-state index contributed by atoms with van der Waals surface area (Å²) < 4.78 is 27.0. The topological polar surface area (TPSA) is 72.2 Å². The van der Waals surface area contributed by atoms with E-state index >= 15 is 0 Å². The smallest absolute Gasteiger partial charge is 0.242 e. The van der Waals surface area contributed by atoms with Crippen LogP contribution in [0.1, 0.15) is 25.8 Å². The van der Waals surface area contributed by atoms with Gasteiger partial charge < -0.3 is 5.73 Å². The van der Waals surface area contributed by atoms with Crippen molar-refractivity contribution < 1.29 is 8.42 Å². The number of benzene rings is 1. The fourth-order valence-electron chi connectivity index (χ4n) is 2.10. The van der Waals surface area contributed by atoms with Crippen LogP contribution in [0.5, 0.6) is 0 Å². The zero-order valence-electron chi connectivity index (χ0n) is 11.1. The van der Waals surface area contributed by atoms with Gasteiger partial charge in [0, 0.05) is 13.1 Å². The molecular formula is C13H19ClN2O2S. The second-order valence-electron chi connectivity index (χ2n) is 5.71. The fraction of sp³-hybridized carbons (Fsp3) is 0.538. The molecule has 1 aromatic carbocycles. The van der Waals surface area contributed by atoms with Crippen molar-refractivity contribution in [3.8, 4) is 0 Å². The molecule has 0 heterocycles. The van der Waals surface area contributed by atoms with Crippen LogP contribution in [0.25, 0.3) is 0 Å². The van der Waals surface area contributed by atoms with Gasteiger partial charge in [-0.3, -0.25) is 0 Å². The van der Waals surface area contributed by atoms with Crippen molar-refractivity contribution in [2.24, 2.45) is 17.1 Å². The monoisotopic (exact) mass is 302 g/mol. The van der Waals surface area contributed by atoms with Crippen molar-refractivity contribution >= 4 is 21.6 Å². The van der Waals surface area contributed by atoms with Gasteiger partial charge in [0.25, 0.3) is 0 Å². The Hall–Kier alpha value is -0.620. The van der Waals surface area contributed by atoms with Gasteiger partial charge >= 0.3 is 0 Å². The molecular weight excluding hydrogens is 284 g/mol. The molecule has 0 spiro atoms. The van der Waals surface area contributed by atoms with Gasteiger partial charge in [0.2, 0.25) is 10.0 Å². The first kappa shape index (κ1) is 14.8. The first-order valence-corrected chi connectivity index (χ1v) is 8.10. The molecule has 0 amide bonds. The summed E-state index contributed by atoms with van der Waals surface area (Å²) >= 11 is 6.00. The molecule has 0 radical (unpaired) electrons. The molecule has 0 aromatic heterocycles. The second-order valence-corrected chi connectivity index (χ2v) is 7.85. The standard InChI is InChI=1S/C13H19ClN2O2S/c1-13(2)6-10(13)8-16-19(17,18)12-4-3-9(7-15)5-11(12)14/h3-5,10,16H,6-8,15H2,1-2H3. The Bertz CT molecular complexity index is 584. The highest BCUT2D eigenvalue weighted by atomic mass is 35.5. The molecule has 2 rings (SSSR count). The molecule has 1 aromatic rings. The van der Waals surface area contributed by atoms with Crippen LogP contribution in [-0.4, -0.2) is 15.0 Å². The van der Waals surface area contributed by atoms with E-state index in [1.165, 1.54) is 6.07 Å². The summed E-state index contributed by atoms with van der Waals surface area (Å²) in [5.74, 6) is 0.407. The summed E-state index contributed by atoms with van der Waals surface area (Å²) in [4.78, 5) is 0.116. The highest BCUT2D eigenvalue weighted by molar-refractivity contribution is 7.89. The number of nitrogens with one attached hydrogen (secondary N) is 1. The largest absolute Gasteiger partial charge is 0.326 e. The van der Waals surface area contributed by atoms with Crippen LogP contribution in [-0.2, 0) is 16.6 Å². The minimum Gasteiger partial charge on any atom is -0.326 e. The number of halogens is 1. The number of nitrogens with two attached hydrogens (primary N) is 1. The third-order valence-electron chi connectivity index (χ3n) is 3.76. The number of hydrogen-bond acceptors (Lipinski definition) is 3. The van der Waals surface area contributed by atoms with Crippen LogP contribution < -0.4 is 10.5 Å². The van der Waals surface area contributed by atoms with Crippen LogP contribution in [0.4, 0.5) is 0 Å². The first-order valence-electron chi connectivity index (χ1n) is 6.24. The van der Waals surface area contributed by atoms with Crippen LogP contribution in [0.2, 0.25) is 5.02 Å². The van der Waals surface area contributed by atoms with E-state index in [1.807, 2.05) is 0 Å². The second kappa shape index (κ2) is 5.05. The van der Waals surface area contributed by atoms with Gasteiger partial charge in [0.05, 0.1) is 5.02 Å². The summed E-state index contributed by atoms with van der Waals surface area (Å²) in [6, 6.07) is 4.78.